The van der Waals surface area contributed by atoms with E-state index in [1.165, 1.54) is 18.4 Å². The zero-order valence-corrected chi connectivity index (χ0v) is 11.4. The van der Waals surface area contributed by atoms with E-state index in [2.05, 4.69) is 12.1 Å². The van der Waals surface area contributed by atoms with Crippen LogP contribution in [0.15, 0.2) is 24.3 Å². The smallest absolute Gasteiger partial charge is 0.119 e. The summed E-state index contributed by atoms with van der Waals surface area (Å²) in [5, 5.41) is 0. The molecule has 1 aromatic rings. The van der Waals surface area contributed by atoms with Gasteiger partial charge in [0.2, 0.25) is 0 Å². The van der Waals surface area contributed by atoms with Crippen LogP contribution >= 0.6 is 0 Å². The van der Waals surface area contributed by atoms with E-state index < -0.39 is 0 Å². The molecule has 3 nitrogen and oxygen atoms in total. The molecule has 0 aliphatic rings. The molecule has 1 rings (SSSR count). The Hall–Kier alpha value is -1.06. The van der Waals surface area contributed by atoms with E-state index >= 15 is 0 Å². The van der Waals surface area contributed by atoms with Gasteiger partial charge in [0.05, 0.1) is 13.2 Å². The molecule has 0 heterocycles. The lowest BCUT2D eigenvalue weighted by atomic mass is 10.1. The van der Waals surface area contributed by atoms with E-state index in [0.717, 1.165) is 44.8 Å². The summed E-state index contributed by atoms with van der Waals surface area (Å²) in [5.74, 6) is 0.954. The Bertz CT molecular complexity index is 298. The van der Waals surface area contributed by atoms with Crippen molar-refractivity contribution < 1.29 is 9.47 Å². The molecule has 0 atom stereocenters. The summed E-state index contributed by atoms with van der Waals surface area (Å²) in [6, 6.07) is 8.27. The SMILES string of the molecule is COCCc1ccc(OCCCCCCN)cc1. The fraction of sp³-hybridized carbons (Fsp3) is 0.600. The maximum Gasteiger partial charge on any atom is 0.119 e. The molecule has 0 fully saturated rings. The number of hydrogen-bond acceptors (Lipinski definition) is 3. The maximum atomic E-state index is 5.68. The molecule has 0 aliphatic heterocycles. The molecule has 0 bridgehead atoms. The molecule has 0 aliphatic carbocycles. The highest BCUT2D eigenvalue weighted by atomic mass is 16.5. The van der Waals surface area contributed by atoms with Gasteiger partial charge in [-0.15, -0.1) is 0 Å². The van der Waals surface area contributed by atoms with Gasteiger partial charge in [-0.2, -0.15) is 0 Å². The summed E-state index contributed by atoms with van der Waals surface area (Å²) in [7, 11) is 1.72. The molecule has 0 spiro atoms. The zero-order chi connectivity index (χ0) is 13.1. The third-order valence-corrected chi connectivity index (χ3v) is 2.89. The summed E-state index contributed by atoms with van der Waals surface area (Å²) < 4.78 is 10.7. The second-order valence-electron chi connectivity index (χ2n) is 4.44. The molecule has 0 aromatic heterocycles. The largest absolute Gasteiger partial charge is 0.494 e. The van der Waals surface area contributed by atoms with Crippen LogP contribution in [0.25, 0.3) is 0 Å². The summed E-state index contributed by atoms with van der Waals surface area (Å²) in [5.41, 5.74) is 6.73. The standard InChI is InChI=1S/C15H25NO2/c1-17-13-10-14-6-8-15(9-7-14)18-12-5-3-2-4-11-16/h6-9H,2-5,10-13,16H2,1H3. The Kier molecular flexibility index (Phi) is 8.26. The van der Waals surface area contributed by atoms with Crippen molar-refractivity contribution in [3.05, 3.63) is 29.8 Å². The van der Waals surface area contributed by atoms with Gasteiger partial charge in [-0.3, -0.25) is 0 Å². The van der Waals surface area contributed by atoms with Crippen LogP contribution in [-0.4, -0.2) is 26.9 Å². The molecule has 0 saturated carbocycles. The zero-order valence-electron chi connectivity index (χ0n) is 11.4. The van der Waals surface area contributed by atoms with Gasteiger partial charge in [0.25, 0.3) is 0 Å². The lowest BCUT2D eigenvalue weighted by Gasteiger charge is -2.07. The van der Waals surface area contributed by atoms with Gasteiger partial charge in [0.15, 0.2) is 0 Å². The minimum Gasteiger partial charge on any atom is -0.494 e. The van der Waals surface area contributed by atoms with E-state index in [0.29, 0.717) is 0 Å². The Morgan fingerprint density at radius 2 is 1.67 bits per heavy atom. The first-order chi connectivity index (χ1) is 8.86. The Morgan fingerprint density at radius 1 is 0.944 bits per heavy atom. The molecule has 2 N–H and O–H groups in total. The summed E-state index contributed by atoms with van der Waals surface area (Å²) in [6.07, 6.45) is 5.58. The highest BCUT2D eigenvalue weighted by molar-refractivity contribution is 5.27. The van der Waals surface area contributed by atoms with Gasteiger partial charge in [0, 0.05) is 7.11 Å². The van der Waals surface area contributed by atoms with Crippen molar-refractivity contribution in [3.63, 3.8) is 0 Å². The number of nitrogens with two attached hydrogens (primary N) is 1. The second-order valence-corrected chi connectivity index (χ2v) is 4.44. The van der Waals surface area contributed by atoms with Crippen molar-refractivity contribution in [2.45, 2.75) is 32.1 Å². The van der Waals surface area contributed by atoms with Gasteiger partial charge in [-0.1, -0.05) is 25.0 Å². The van der Waals surface area contributed by atoms with E-state index in [4.69, 9.17) is 15.2 Å². The third-order valence-electron chi connectivity index (χ3n) is 2.89. The van der Waals surface area contributed by atoms with E-state index in [1.54, 1.807) is 7.11 Å². The molecule has 3 heteroatoms. The van der Waals surface area contributed by atoms with Gasteiger partial charge < -0.3 is 15.2 Å². The van der Waals surface area contributed by atoms with E-state index in [1.807, 2.05) is 12.1 Å². The van der Waals surface area contributed by atoms with Gasteiger partial charge in [-0.25, -0.2) is 0 Å². The number of unbranched alkanes of at least 4 members (excludes halogenated alkanes) is 3. The normalized spacial score (nSPS) is 10.6. The Labute approximate surface area is 110 Å². The molecular weight excluding hydrogens is 226 g/mol. The van der Waals surface area contributed by atoms with Crippen molar-refractivity contribution in [1.82, 2.24) is 0 Å². The van der Waals surface area contributed by atoms with Crippen LogP contribution in [0, 0.1) is 0 Å². The van der Waals surface area contributed by atoms with Crippen molar-refractivity contribution in [3.8, 4) is 5.75 Å². The van der Waals surface area contributed by atoms with Crippen LogP contribution in [-0.2, 0) is 11.2 Å². The van der Waals surface area contributed by atoms with Crippen molar-refractivity contribution in [2.24, 2.45) is 5.73 Å². The molecular formula is C15H25NO2. The fourth-order valence-corrected chi connectivity index (χ4v) is 1.76. The monoisotopic (exact) mass is 251 g/mol. The molecule has 0 amide bonds. The number of rotatable bonds is 10. The van der Waals surface area contributed by atoms with Crippen molar-refractivity contribution in [1.29, 1.82) is 0 Å². The summed E-state index contributed by atoms with van der Waals surface area (Å²) in [6.45, 7) is 2.35. The van der Waals surface area contributed by atoms with Crippen LogP contribution in [0.4, 0.5) is 0 Å². The summed E-state index contributed by atoms with van der Waals surface area (Å²) >= 11 is 0. The number of ether oxygens (including phenoxy) is 2. The highest BCUT2D eigenvalue weighted by Gasteiger charge is 1.96. The highest BCUT2D eigenvalue weighted by Crippen LogP contribution is 2.13. The van der Waals surface area contributed by atoms with E-state index in [-0.39, 0.29) is 0 Å². The fourth-order valence-electron chi connectivity index (χ4n) is 1.76. The minimum atomic E-state index is 0.765. The lowest BCUT2D eigenvalue weighted by molar-refractivity contribution is 0.202. The van der Waals surface area contributed by atoms with Gasteiger partial charge in [0.1, 0.15) is 5.75 Å². The summed E-state index contributed by atoms with van der Waals surface area (Å²) in [4.78, 5) is 0. The number of hydrogen-bond donors (Lipinski definition) is 1. The van der Waals surface area contributed by atoms with Crippen molar-refractivity contribution >= 4 is 0 Å². The Balaban J connectivity index is 2.14. The molecule has 1 aromatic carbocycles. The topological polar surface area (TPSA) is 44.5 Å². The quantitative estimate of drug-likeness (QED) is 0.650. The third kappa shape index (κ3) is 6.62. The average molecular weight is 251 g/mol. The molecule has 0 radical (unpaired) electrons. The van der Waals surface area contributed by atoms with Gasteiger partial charge in [-0.05, 0) is 43.5 Å². The first-order valence-electron chi connectivity index (χ1n) is 6.77. The average Bonchev–Trinajstić information content (AvgIpc) is 2.42. The van der Waals surface area contributed by atoms with Crippen LogP contribution in [0.2, 0.25) is 0 Å². The number of methoxy groups -OCH3 is 1. The van der Waals surface area contributed by atoms with Crippen molar-refractivity contribution in [2.75, 3.05) is 26.9 Å². The Morgan fingerprint density at radius 3 is 2.33 bits per heavy atom. The molecule has 102 valence electrons. The van der Waals surface area contributed by atoms with Crippen LogP contribution in [0.5, 0.6) is 5.75 Å². The molecule has 18 heavy (non-hydrogen) atoms. The number of benzene rings is 1. The maximum absolute atomic E-state index is 5.68. The molecule has 0 unspecified atom stereocenters. The van der Waals surface area contributed by atoms with Crippen LogP contribution in [0.3, 0.4) is 0 Å². The molecule has 0 saturated heterocycles. The first-order valence-corrected chi connectivity index (χ1v) is 6.77. The lowest BCUT2D eigenvalue weighted by Crippen LogP contribution is -2.00. The predicted octanol–water partition coefficient (Wildman–Crippen LogP) is 2.77. The van der Waals surface area contributed by atoms with Crippen LogP contribution < -0.4 is 10.5 Å². The van der Waals surface area contributed by atoms with Gasteiger partial charge >= 0.3 is 0 Å². The predicted molar refractivity (Wildman–Crippen MR) is 75.0 cm³/mol. The first kappa shape index (κ1) is 15.0. The van der Waals surface area contributed by atoms with E-state index in [9.17, 15) is 0 Å². The minimum absolute atomic E-state index is 0.765. The van der Waals surface area contributed by atoms with Crippen LogP contribution in [0.1, 0.15) is 31.2 Å². The second kappa shape index (κ2) is 9.92.